The number of nitrogens with one attached hydrogen (secondary N) is 1. The highest BCUT2D eigenvalue weighted by atomic mass is 16.5. The summed E-state index contributed by atoms with van der Waals surface area (Å²) in [6, 6.07) is 9.30. The second-order valence-electron chi connectivity index (χ2n) is 9.06. The normalized spacial score (nSPS) is 17.1. The SMILES string of the molecule is Cc1ccc(C(=O)N(C)CCCOc2cccc3c2CN(C2CCC(=O)NC2=O)C3=O)cc1B(O)O. The van der Waals surface area contributed by atoms with Gasteiger partial charge in [0.2, 0.25) is 11.8 Å². The van der Waals surface area contributed by atoms with Crippen molar-refractivity contribution in [2.24, 2.45) is 0 Å². The molecule has 11 heteroatoms. The highest BCUT2D eigenvalue weighted by Crippen LogP contribution is 2.33. The smallest absolute Gasteiger partial charge is 0.488 e. The highest BCUT2D eigenvalue weighted by Gasteiger charge is 2.40. The summed E-state index contributed by atoms with van der Waals surface area (Å²) in [4.78, 5) is 52.4. The van der Waals surface area contributed by atoms with E-state index in [2.05, 4.69) is 5.32 Å². The summed E-state index contributed by atoms with van der Waals surface area (Å²) in [5.74, 6) is -0.757. The van der Waals surface area contributed by atoms with Gasteiger partial charge in [-0.05, 0) is 49.5 Å². The molecule has 0 spiro atoms. The minimum Gasteiger partial charge on any atom is -0.493 e. The molecule has 4 amide bonds. The minimum atomic E-state index is -1.65. The fourth-order valence-corrected chi connectivity index (χ4v) is 4.55. The fourth-order valence-electron chi connectivity index (χ4n) is 4.55. The zero-order chi connectivity index (χ0) is 26.0. The first-order valence-corrected chi connectivity index (χ1v) is 11.8. The summed E-state index contributed by atoms with van der Waals surface area (Å²) in [6.07, 6.45) is 1.01. The second-order valence-corrected chi connectivity index (χ2v) is 9.06. The maximum atomic E-state index is 12.9. The van der Waals surface area contributed by atoms with E-state index < -0.39 is 19.1 Å². The molecular weight excluding hydrogens is 465 g/mol. The topological polar surface area (TPSA) is 136 Å². The van der Waals surface area contributed by atoms with E-state index in [-0.39, 0.29) is 36.1 Å². The number of carbonyl (C=O) groups excluding carboxylic acids is 4. The Balaban J connectivity index is 1.34. The zero-order valence-electron chi connectivity index (χ0n) is 20.2. The lowest BCUT2D eigenvalue weighted by Crippen LogP contribution is -2.52. The van der Waals surface area contributed by atoms with Gasteiger partial charge in [-0.2, -0.15) is 0 Å². The van der Waals surface area contributed by atoms with Crippen LogP contribution in [-0.2, 0) is 16.1 Å². The first-order valence-electron chi connectivity index (χ1n) is 11.8. The van der Waals surface area contributed by atoms with Crippen molar-refractivity contribution in [1.82, 2.24) is 15.1 Å². The van der Waals surface area contributed by atoms with E-state index in [4.69, 9.17) is 4.74 Å². The average molecular weight is 493 g/mol. The Bertz CT molecular complexity index is 1220. The van der Waals surface area contributed by atoms with Crippen LogP contribution < -0.4 is 15.5 Å². The number of benzene rings is 2. The van der Waals surface area contributed by atoms with E-state index in [0.717, 1.165) is 0 Å². The lowest BCUT2D eigenvalue weighted by Gasteiger charge is -2.29. The van der Waals surface area contributed by atoms with E-state index in [1.807, 2.05) is 0 Å². The number of piperidine rings is 1. The van der Waals surface area contributed by atoms with Crippen molar-refractivity contribution in [3.05, 3.63) is 58.7 Å². The van der Waals surface area contributed by atoms with Gasteiger partial charge in [-0.1, -0.05) is 17.7 Å². The van der Waals surface area contributed by atoms with Gasteiger partial charge in [0.15, 0.2) is 0 Å². The lowest BCUT2D eigenvalue weighted by atomic mass is 9.76. The summed E-state index contributed by atoms with van der Waals surface area (Å²) in [5, 5.41) is 21.3. The number of carbonyl (C=O) groups is 4. The van der Waals surface area contributed by atoms with Crippen LogP contribution in [0.25, 0.3) is 0 Å². The molecule has 0 saturated carbocycles. The molecule has 1 atom stereocenters. The van der Waals surface area contributed by atoms with Crippen LogP contribution in [-0.4, -0.2) is 76.8 Å². The Kier molecular flexibility index (Phi) is 7.41. The predicted octanol–water partition coefficient (Wildman–Crippen LogP) is -0.0231. The van der Waals surface area contributed by atoms with Gasteiger partial charge in [-0.15, -0.1) is 0 Å². The summed E-state index contributed by atoms with van der Waals surface area (Å²) in [5.41, 5.74) is 2.51. The molecule has 2 aliphatic heterocycles. The number of imide groups is 1. The third kappa shape index (κ3) is 5.12. The second kappa shape index (κ2) is 10.5. The van der Waals surface area contributed by atoms with Crippen LogP contribution in [0.2, 0.25) is 0 Å². The van der Waals surface area contributed by atoms with Gasteiger partial charge in [0, 0.05) is 36.7 Å². The van der Waals surface area contributed by atoms with Crippen LogP contribution in [0.3, 0.4) is 0 Å². The van der Waals surface area contributed by atoms with Crippen molar-refractivity contribution in [3.8, 4) is 5.75 Å². The maximum Gasteiger partial charge on any atom is 0.488 e. The first-order chi connectivity index (χ1) is 17.2. The van der Waals surface area contributed by atoms with Gasteiger partial charge >= 0.3 is 7.12 Å². The van der Waals surface area contributed by atoms with Gasteiger partial charge in [0.05, 0.1) is 13.2 Å². The van der Waals surface area contributed by atoms with E-state index in [9.17, 15) is 29.2 Å². The highest BCUT2D eigenvalue weighted by molar-refractivity contribution is 6.59. The van der Waals surface area contributed by atoms with Gasteiger partial charge in [0.1, 0.15) is 11.8 Å². The van der Waals surface area contributed by atoms with Gasteiger partial charge in [-0.3, -0.25) is 24.5 Å². The molecule has 3 N–H and O–H groups in total. The van der Waals surface area contributed by atoms with Gasteiger partial charge in [-0.25, -0.2) is 0 Å². The molecule has 0 bridgehead atoms. The van der Waals surface area contributed by atoms with Crippen LogP contribution in [0, 0.1) is 6.92 Å². The molecule has 1 fully saturated rings. The number of rotatable bonds is 8. The Morgan fingerprint density at radius 3 is 2.72 bits per heavy atom. The molecule has 1 saturated heterocycles. The Morgan fingerprint density at radius 2 is 2.00 bits per heavy atom. The average Bonchev–Trinajstić information content (AvgIpc) is 3.18. The number of hydrogen-bond acceptors (Lipinski definition) is 7. The third-order valence-corrected chi connectivity index (χ3v) is 6.59. The van der Waals surface area contributed by atoms with Crippen molar-refractivity contribution in [2.45, 2.75) is 38.8 Å². The van der Waals surface area contributed by atoms with Crippen LogP contribution >= 0.6 is 0 Å². The van der Waals surface area contributed by atoms with Gasteiger partial charge in [0.25, 0.3) is 11.8 Å². The first kappa shape index (κ1) is 25.4. The number of hydrogen-bond donors (Lipinski definition) is 3. The van der Waals surface area contributed by atoms with Crippen LogP contribution in [0.4, 0.5) is 0 Å². The summed E-state index contributed by atoms with van der Waals surface area (Å²) in [7, 11) is 0.00961. The zero-order valence-corrected chi connectivity index (χ0v) is 20.2. The molecule has 2 aromatic rings. The number of nitrogens with zero attached hydrogens (tertiary/aromatic N) is 2. The molecule has 0 radical (unpaired) electrons. The maximum absolute atomic E-state index is 12.9. The number of aryl methyl sites for hydroxylation is 1. The molecule has 2 heterocycles. The number of ether oxygens (including phenoxy) is 1. The lowest BCUT2D eigenvalue weighted by molar-refractivity contribution is -0.136. The van der Waals surface area contributed by atoms with Gasteiger partial charge < -0.3 is 24.6 Å². The molecule has 36 heavy (non-hydrogen) atoms. The Labute approximate surface area is 209 Å². The van der Waals surface area contributed by atoms with Crippen molar-refractivity contribution < 1.29 is 34.0 Å². The van der Waals surface area contributed by atoms with E-state index >= 15 is 0 Å². The molecular formula is C25H28BN3O7. The molecule has 0 aromatic heterocycles. The standard InChI is InChI=1S/C25H28BN3O7/c1-15-7-8-16(13-19(15)26(34)35)24(32)28(2)11-4-12-36-21-6-3-5-17-18(21)14-29(25(17)33)20-9-10-22(30)27-23(20)31/h3,5-8,13,20,34-35H,4,9-12,14H2,1-2H3,(H,27,30,31). The van der Waals surface area contributed by atoms with E-state index in [0.29, 0.717) is 54.0 Å². The number of amides is 4. The van der Waals surface area contributed by atoms with E-state index in [1.54, 1.807) is 44.3 Å². The quantitative estimate of drug-likeness (QED) is 0.267. The largest absolute Gasteiger partial charge is 0.493 e. The van der Waals surface area contributed by atoms with Crippen LogP contribution in [0.15, 0.2) is 36.4 Å². The number of fused-ring (bicyclic) bond motifs is 1. The van der Waals surface area contributed by atoms with Crippen molar-refractivity contribution in [1.29, 1.82) is 0 Å². The molecule has 10 nitrogen and oxygen atoms in total. The fraction of sp³-hybridized carbons (Fsp3) is 0.360. The Morgan fingerprint density at radius 1 is 1.22 bits per heavy atom. The predicted molar refractivity (Wildman–Crippen MR) is 131 cm³/mol. The van der Waals surface area contributed by atoms with Crippen LogP contribution in [0.1, 0.15) is 51.1 Å². The Hall–Kier alpha value is -3.70. The van der Waals surface area contributed by atoms with Crippen molar-refractivity contribution in [3.63, 3.8) is 0 Å². The minimum absolute atomic E-state index is 0.191. The third-order valence-electron chi connectivity index (χ3n) is 6.59. The monoisotopic (exact) mass is 493 g/mol. The molecule has 2 aliphatic rings. The van der Waals surface area contributed by atoms with Crippen molar-refractivity contribution >= 4 is 36.2 Å². The molecule has 4 rings (SSSR count). The van der Waals surface area contributed by atoms with Crippen molar-refractivity contribution in [2.75, 3.05) is 20.2 Å². The molecule has 2 aromatic carbocycles. The van der Waals surface area contributed by atoms with Crippen LogP contribution in [0.5, 0.6) is 5.75 Å². The molecule has 188 valence electrons. The summed E-state index contributed by atoms with van der Waals surface area (Å²) in [6.45, 7) is 2.67. The summed E-state index contributed by atoms with van der Waals surface area (Å²) >= 11 is 0. The molecule has 1 unspecified atom stereocenters. The summed E-state index contributed by atoms with van der Waals surface area (Å²) < 4.78 is 5.94. The van der Waals surface area contributed by atoms with E-state index in [1.165, 1.54) is 15.9 Å². The molecule has 0 aliphatic carbocycles.